The quantitative estimate of drug-likeness (QED) is 0.535. The highest BCUT2D eigenvalue weighted by Gasteiger charge is 2.44. The van der Waals surface area contributed by atoms with Gasteiger partial charge in [-0.25, -0.2) is 0 Å². The minimum atomic E-state index is 0.187. The topological polar surface area (TPSA) is 0 Å². The summed E-state index contributed by atoms with van der Waals surface area (Å²) in [6.07, 6.45) is 2.72. The molecule has 0 amide bonds. The smallest absolute Gasteiger partial charge is 0.0205 e. The SMILES string of the molecule is CC.CC(C)=S.Cc1ccccc1C(C)(c1ccccc1)C1CC1. The molecule has 1 atom stereocenters. The van der Waals surface area contributed by atoms with Gasteiger partial charge in [0.1, 0.15) is 0 Å². The van der Waals surface area contributed by atoms with Crippen molar-refractivity contribution in [1.29, 1.82) is 0 Å². The van der Waals surface area contributed by atoms with Crippen molar-refractivity contribution < 1.29 is 0 Å². The average Bonchev–Trinajstić information content (AvgIpc) is 3.42. The van der Waals surface area contributed by atoms with Gasteiger partial charge in [-0.3, -0.25) is 0 Å². The van der Waals surface area contributed by atoms with Crippen molar-refractivity contribution in [3.8, 4) is 0 Å². The van der Waals surface area contributed by atoms with Gasteiger partial charge < -0.3 is 0 Å². The molecule has 130 valence electrons. The molecule has 1 aliphatic rings. The van der Waals surface area contributed by atoms with Crippen LogP contribution < -0.4 is 0 Å². The van der Waals surface area contributed by atoms with E-state index in [1.54, 1.807) is 0 Å². The summed E-state index contributed by atoms with van der Waals surface area (Å²) in [5.41, 5.74) is 4.56. The van der Waals surface area contributed by atoms with Crippen molar-refractivity contribution in [1.82, 2.24) is 0 Å². The molecule has 0 saturated heterocycles. The third-order valence-corrected chi connectivity index (χ3v) is 4.47. The van der Waals surface area contributed by atoms with E-state index < -0.39 is 0 Å². The molecule has 0 heterocycles. The molecule has 1 heteroatoms. The van der Waals surface area contributed by atoms with Crippen molar-refractivity contribution in [2.45, 2.75) is 59.8 Å². The molecular weight excluding hydrogens is 308 g/mol. The highest BCUT2D eigenvalue weighted by molar-refractivity contribution is 7.80. The largest absolute Gasteiger partial charge is 0.0903 e. The molecule has 0 aromatic heterocycles. The standard InChI is InChI=1S/C18H20.C3H6S.C2H6/c1-14-8-6-7-11-17(14)18(2,16-12-13-16)15-9-4-3-5-10-15;1-3(2)4;1-2/h3-11,16H,12-13H2,1-2H3;1-2H3;1-2H3. The van der Waals surface area contributed by atoms with E-state index in [2.05, 4.69) is 80.7 Å². The van der Waals surface area contributed by atoms with Crippen LogP contribution in [-0.2, 0) is 5.41 Å². The van der Waals surface area contributed by atoms with E-state index in [1.807, 2.05) is 27.7 Å². The Hall–Kier alpha value is -1.47. The third-order valence-electron chi connectivity index (χ3n) is 4.47. The van der Waals surface area contributed by atoms with E-state index in [-0.39, 0.29) is 5.41 Å². The van der Waals surface area contributed by atoms with Gasteiger partial charge in [0.15, 0.2) is 0 Å². The van der Waals surface area contributed by atoms with Gasteiger partial charge in [-0.1, -0.05) is 87.6 Å². The average molecular weight is 341 g/mol. The van der Waals surface area contributed by atoms with E-state index >= 15 is 0 Å². The van der Waals surface area contributed by atoms with Crippen molar-refractivity contribution in [3.63, 3.8) is 0 Å². The first-order chi connectivity index (χ1) is 11.5. The molecule has 3 rings (SSSR count). The van der Waals surface area contributed by atoms with E-state index in [0.717, 1.165) is 10.8 Å². The molecule has 2 aromatic carbocycles. The predicted molar refractivity (Wildman–Crippen MR) is 112 cm³/mol. The van der Waals surface area contributed by atoms with Crippen molar-refractivity contribution in [2.75, 3.05) is 0 Å². The highest BCUT2D eigenvalue weighted by Crippen LogP contribution is 2.51. The molecule has 1 aliphatic carbocycles. The molecule has 1 saturated carbocycles. The fraction of sp³-hybridized carbons (Fsp3) is 0.435. The maximum atomic E-state index is 4.54. The fourth-order valence-electron chi connectivity index (χ4n) is 3.21. The lowest BCUT2D eigenvalue weighted by molar-refractivity contribution is 0.492. The van der Waals surface area contributed by atoms with E-state index in [9.17, 15) is 0 Å². The molecule has 0 bridgehead atoms. The minimum absolute atomic E-state index is 0.187. The second-order valence-electron chi connectivity index (χ2n) is 6.57. The summed E-state index contributed by atoms with van der Waals surface area (Å²) in [6.45, 7) is 12.5. The zero-order valence-electron chi connectivity index (χ0n) is 16.1. The number of hydrogen-bond donors (Lipinski definition) is 0. The summed E-state index contributed by atoms with van der Waals surface area (Å²) in [4.78, 5) is 1.00. The van der Waals surface area contributed by atoms with E-state index in [4.69, 9.17) is 0 Å². The summed E-state index contributed by atoms with van der Waals surface area (Å²) >= 11 is 4.54. The zero-order valence-corrected chi connectivity index (χ0v) is 16.9. The second-order valence-corrected chi connectivity index (χ2v) is 7.38. The first kappa shape index (κ1) is 20.6. The normalized spacial score (nSPS) is 15.1. The Balaban J connectivity index is 0.000000423. The molecule has 2 aromatic rings. The Morgan fingerprint density at radius 1 is 0.917 bits per heavy atom. The number of thiocarbonyl (C=S) groups is 1. The van der Waals surface area contributed by atoms with Crippen LogP contribution in [0, 0.1) is 12.8 Å². The molecule has 0 nitrogen and oxygen atoms in total. The van der Waals surface area contributed by atoms with Gasteiger partial charge in [-0.05, 0) is 61.1 Å². The van der Waals surface area contributed by atoms with Gasteiger partial charge in [0.25, 0.3) is 0 Å². The summed E-state index contributed by atoms with van der Waals surface area (Å²) in [7, 11) is 0. The lowest BCUT2D eigenvalue weighted by Gasteiger charge is -2.32. The van der Waals surface area contributed by atoms with Crippen LogP contribution in [0.1, 0.15) is 64.2 Å². The maximum Gasteiger partial charge on any atom is 0.0205 e. The number of benzene rings is 2. The second kappa shape index (κ2) is 9.74. The van der Waals surface area contributed by atoms with Gasteiger partial charge in [-0.2, -0.15) is 0 Å². The van der Waals surface area contributed by atoms with Gasteiger partial charge in [0, 0.05) is 5.41 Å². The Bertz CT molecular complexity index is 621. The Labute approximate surface area is 154 Å². The van der Waals surface area contributed by atoms with Crippen LogP contribution in [0.15, 0.2) is 54.6 Å². The number of hydrogen-bond acceptors (Lipinski definition) is 1. The fourth-order valence-corrected chi connectivity index (χ4v) is 3.21. The molecule has 1 fully saturated rings. The van der Waals surface area contributed by atoms with Crippen LogP contribution in [0.4, 0.5) is 0 Å². The van der Waals surface area contributed by atoms with E-state index in [1.165, 1.54) is 29.5 Å². The lowest BCUT2D eigenvalue weighted by atomic mass is 9.71. The van der Waals surface area contributed by atoms with Crippen LogP contribution in [0.2, 0.25) is 0 Å². The van der Waals surface area contributed by atoms with E-state index in [0.29, 0.717) is 0 Å². The third kappa shape index (κ3) is 5.27. The Morgan fingerprint density at radius 2 is 1.38 bits per heavy atom. The molecular formula is C23H32S. The highest BCUT2D eigenvalue weighted by atomic mass is 32.1. The van der Waals surface area contributed by atoms with Crippen LogP contribution in [0.5, 0.6) is 0 Å². The maximum absolute atomic E-state index is 4.54. The molecule has 1 unspecified atom stereocenters. The number of aryl methyl sites for hydroxylation is 1. The van der Waals surface area contributed by atoms with Crippen LogP contribution >= 0.6 is 12.2 Å². The van der Waals surface area contributed by atoms with Crippen molar-refractivity contribution in [3.05, 3.63) is 71.3 Å². The lowest BCUT2D eigenvalue weighted by Crippen LogP contribution is -2.27. The monoisotopic (exact) mass is 340 g/mol. The van der Waals surface area contributed by atoms with Crippen molar-refractivity contribution in [2.24, 2.45) is 5.92 Å². The molecule has 0 radical (unpaired) electrons. The van der Waals surface area contributed by atoms with Crippen molar-refractivity contribution >= 4 is 17.1 Å². The number of rotatable bonds is 3. The van der Waals surface area contributed by atoms with Crippen LogP contribution in [0.25, 0.3) is 0 Å². The molecule has 0 spiro atoms. The Morgan fingerprint density at radius 3 is 1.83 bits per heavy atom. The summed E-state index contributed by atoms with van der Waals surface area (Å²) in [5.74, 6) is 0.806. The molecule has 24 heavy (non-hydrogen) atoms. The minimum Gasteiger partial charge on any atom is -0.0903 e. The van der Waals surface area contributed by atoms with Crippen LogP contribution in [-0.4, -0.2) is 4.86 Å². The first-order valence-corrected chi connectivity index (χ1v) is 9.46. The first-order valence-electron chi connectivity index (χ1n) is 9.05. The Kier molecular flexibility index (Phi) is 8.35. The molecule has 0 N–H and O–H groups in total. The van der Waals surface area contributed by atoms with Gasteiger partial charge in [-0.15, -0.1) is 0 Å². The molecule has 0 aliphatic heterocycles. The van der Waals surface area contributed by atoms with Gasteiger partial charge in [0.05, 0.1) is 0 Å². The summed E-state index contributed by atoms with van der Waals surface area (Å²) in [6, 6.07) is 19.8. The van der Waals surface area contributed by atoms with Gasteiger partial charge >= 0.3 is 0 Å². The summed E-state index contributed by atoms with van der Waals surface area (Å²) in [5, 5.41) is 0. The summed E-state index contributed by atoms with van der Waals surface area (Å²) < 4.78 is 0. The zero-order chi connectivity index (χ0) is 18.2. The van der Waals surface area contributed by atoms with Gasteiger partial charge in [0.2, 0.25) is 0 Å². The predicted octanol–water partition coefficient (Wildman–Crippen LogP) is 7.13. The van der Waals surface area contributed by atoms with Crippen LogP contribution in [0.3, 0.4) is 0 Å².